The number of aromatic nitrogens is 2. The molecule has 0 radical (unpaired) electrons. The molecule has 1 heterocycles. The maximum Gasteiger partial charge on any atom is 0.253 e. The van der Waals surface area contributed by atoms with Gasteiger partial charge in [0, 0.05) is 0 Å². The predicted octanol–water partition coefficient (Wildman–Crippen LogP) is 4.20. The highest BCUT2D eigenvalue weighted by Gasteiger charge is 2.39. The third kappa shape index (κ3) is 4.61. The Balaban J connectivity index is 0.00000240. The molecule has 1 aromatic heterocycles. The number of halogens is 2. The number of hydrogen-bond acceptors (Lipinski definition) is 5. The molecule has 6 nitrogen and oxygen atoms in total. The monoisotopic (exact) mass is 432 g/mol. The zero-order valence-electron chi connectivity index (χ0n) is 15.7. The highest BCUT2D eigenvalue weighted by molar-refractivity contribution is 6.33. The van der Waals surface area contributed by atoms with Gasteiger partial charge in [0.1, 0.15) is 0 Å². The van der Waals surface area contributed by atoms with Crippen molar-refractivity contribution in [2.75, 3.05) is 0 Å². The Morgan fingerprint density at radius 1 is 1.17 bits per heavy atom. The zero-order valence-corrected chi connectivity index (χ0v) is 17.2. The molecule has 1 atom stereocenters. The summed E-state index contributed by atoms with van der Waals surface area (Å²) in [5.41, 5.74) is 7.16. The van der Waals surface area contributed by atoms with E-state index in [1.807, 2.05) is 30.3 Å². The smallest absolute Gasteiger partial charge is 0.253 e. The summed E-state index contributed by atoms with van der Waals surface area (Å²) in [4.78, 5) is 17.3. The molecule has 152 valence electrons. The Bertz CT molecular complexity index is 974. The van der Waals surface area contributed by atoms with Crippen LogP contribution in [0.5, 0.6) is 0 Å². The third-order valence-electron chi connectivity index (χ3n) is 5.16. The SMILES string of the molecule is Cl.NC1(c2noc(CC(NC(=O)c3ccccc3Cl)c3ccccc3)n2)CCC1. The lowest BCUT2D eigenvalue weighted by molar-refractivity contribution is 0.0935. The molecule has 1 amide bonds. The Morgan fingerprint density at radius 2 is 1.86 bits per heavy atom. The highest BCUT2D eigenvalue weighted by atomic mass is 35.5. The Labute approximate surface area is 180 Å². The molecule has 0 bridgehead atoms. The van der Waals surface area contributed by atoms with Crippen LogP contribution in [-0.4, -0.2) is 16.0 Å². The van der Waals surface area contributed by atoms with Crippen molar-refractivity contribution in [2.45, 2.75) is 37.3 Å². The second kappa shape index (κ2) is 8.95. The molecule has 4 rings (SSSR count). The van der Waals surface area contributed by atoms with Crippen LogP contribution in [0.3, 0.4) is 0 Å². The van der Waals surface area contributed by atoms with Gasteiger partial charge < -0.3 is 15.6 Å². The minimum Gasteiger partial charge on any atom is -0.345 e. The first kappa shape index (κ1) is 21.3. The van der Waals surface area contributed by atoms with Gasteiger partial charge >= 0.3 is 0 Å². The Kier molecular flexibility index (Phi) is 6.57. The topological polar surface area (TPSA) is 94.0 Å². The lowest BCUT2D eigenvalue weighted by Crippen LogP contribution is -2.44. The fourth-order valence-corrected chi connectivity index (χ4v) is 3.54. The second-order valence-corrected chi connectivity index (χ2v) is 7.55. The molecule has 3 aromatic rings. The molecule has 3 N–H and O–H groups in total. The molecule has 1 aliphatic carbocycles. The van der Waals surface area contributed by atoms with Crippen molar-refractivity contribution < 1.29 is 9.32 Å². The summed E-state index contributed by atoms with van der Waals surface area (Å²) in [6.45, 7) is 0. The fraction of sp³-hybridized carbons (Fsp3) is 0.286. The zero-order chi connectivity index (χ0) is 19.6. The van der Waals surface area contributed by atoms with E-state index in [1.165, 1.54) is 0 Å². The van der Waals surface area contributed by atoms with Crippen LogP contribution in [0.4, 0.5) is 0 Å². The molecule has 0 spiro atoms. The summed E-state index contributed by atoms with van der Waals surface area (Å²) in [7, 11) is 0. The van der Waals surface area contributed by atoms with Crippen LogP contribution in [0.15, 0.2) is 59.1 Å². The summed E-state index contributed by atoms with van der Waals surface area (Å²) < 4.78 is 5.43. The largest absolute Gasteiger partial charge is 0.345 e. The first-order chi connectivity index (χ1) is 13.5. The van der Waals surface area contributed by atoms with E-state index in [1.54, 1.807) is 24.3 Å². The summed E-state index contributed by atoms with van der Waals surface area (Å²) in [5.74, 6) is 0.728. The van der Waals surface area contributed by atoms with Crippen LogP contribution >= 0.6 is 24.0 Å². The van der Waals surface area contributed by atoms with E-state index in [9.17, 15) is 4.79 Å². The molecular weight excluding hydrogens is 411 g/mol. The molecule has 1 aliphatic rings. The van der Waals surface area contributed by atoms with Crippen molar-refractivity contribution in [1.82, 2.24) is 15.5 Å². The van der Waals surface area contributed by atoms with E-state index in [2.05, 4.69) is 15.5 Å². The molecule has 0 aliphatic heterocycles. The highest BCUT2D eigenvalue weighted by Crippen LogP contribution is 2.37. The lowest BCUT2D eigenvalue weighted by atomic mass is 9.77. The van der Waals surface area contributed by atoms with Gasteiger partial charge in [0.05, 0.1) is 28.6 Å². The molecular formula is C21H22Cl2N4O2. The van der Waals surface area contributed by atoms with Gasteiger partial charge in [-0.1, -0.05) is 59.2 Å². The minimum atomic E-state index is -0.481. The number of carbonyl (C=O) groups is 1. The van der Waals surface area contributed by atoms with Crippen molar-refractivity contribution in [1.29, 1.82) is 0 Å². The molecule has 29 heavy (non-hydrogen) atoms. The average Bonchev–Trinajstić information content (AvgIpc) is 3.15. The van der Waals surface area contributed by atoms with E-state index in [-0.39, 0.29) is 24.4 Å². The number of hydrogen-bond donors (Lipinski definition) is 2. The summed E-state index contributed by atoms with van der Waals surface area (Å²) in [6.07, 6.45) is 3.15. The summed E-state index contributed by atoms with van der Waals surface area (Å²) in [5, 5.41) is 7.50. The van der Waals surface area contributed by atoms with Gasteiger partial charge in [0.25, 0.3) is 5.91 Å². The van der Waals surface area contributed by atoms with Crippen molar-refractivity contribution in [2.24, 2.45) is 5.73 Å². The first-order valence-corrected chi connectivity index (χ1v) is 9.65. The van der Waals surface area contributed by atoms with E-state index in [4.69, 9.17) is 21.9 Å². The molecule has 2 aromatic carbocycles. The molecule has 0 saturated heterocycles. The van der Waals surface area contributed by atoms with Crippen LogP contribution in [0, 0.1) is 0 Å². The normalized spacial score (nSPS) is 15.7. The van der Waals surface area contributed by atoms with Crippen LogP contribution < -0.4 is 11.1 Å². The molecule has 8 heteroatoms. The number of nitrogens with one attached hydrogen (secondary N) is 1. The minimum absolute atomic E-state index is 0. The van der Waals surface area contributed by atoms with Gasteiger partial charge in [-0.2, -0.15) is 4.98 Å². The van der Waals surface area contributed by atoms with Gasteiger partial charge in [-0.15, -0.1) is 12.4 Å². The second-order valence-electron chi connectivity index (χ2n) is 7.14. The van der Waals surface area contributed by atoms with Crippen molar-refractivity contribution >= 4 is 29.9 Å². The Hall–Kier alpha value is -2.41. The molecule has 1 unspecified atom stereocenters. The van der Waals surface area contributed by atoms with E-state index in [0.717, 1.165) is 24.8 Å². The number of carbonyl (C=O) groups excluding carboxylic acids is 1. The van der Waals surface area contributed by atoms with E-state index in [0.29, 0.717) is 28.7 Å². The quantitative estimate of drug-likeness (QED) is 0.608. The number of nitrogens with two attached hydrogens (primary N) is 1. The molecule has 1 fully saturated rings. The van der Waals surface area contributed by atoms with Gasteiger partial charge in [0.15, 0.2) is 5.82 Å². The summed E-state index contributed by atoms with van der Waals surface area (Å²) >= 11 is 6.17. The number of nitrogens with zero attached hydrogens (tertiary/aromatic N) is 2. The van der Waals surface area contributed by atoms with Crippen LogP contribution in [0.1, 0.15) is 52.9 Å². The van der Waals surface area contributed by atoms with Gasteiger partial charge in [-0.05, 0) is 37.0 Å². The van der Waals surface area contributed by atoms with E-state index < -0.39 is 5.54 Å². The standard InChI is InChI=1S/C21H21ClN4O2.ClH/c22-16-10-5-4-9-15(16)19(27)24-17(14-7-2-1-3-8-14)13-18-25-20(26-28-18)21(23)11-6-12-21;/h1-5,7-10,17H,6,11-13,23H2,(H,24,27);1H. The predicted molar refractivity (Wildman–Crippen MR) is 113 cm³/mol. The van der Waals surface area contributed by atoms with Crippen LogP contribution in [0.2, 0.25) is 5.02 Å². The van der Waals surface area contributed by atoms with Crippen molar-refractivity contribution in [3.05, 3.63) is 82.5 Å². The third-order valence-corrected chi connectivity index (χ3v) is 5.49. The maximum absolute atomic E-state index is 12.8. The number of benzene rings is 2. The number of rotatable bonds is 6. The van der Waals surface area contributed by atoms with Gasteiger partial charge in [-0.25, -0.2) is 0 Å². The summed E-state index contributed by atoms with van der Waals surface area (Å²) in [6, 6.07) is 16.3. The van der Waals surface area contributed by atoms with Crippen molar-refractivity contribution in [3.8, 4) is 0 Å². The van der Waals surface area contributed by atoms with Crippen molar-refractivity contribution in [3.63, 3.8) is 0 Å². The maximum atomic E-state index is 12.8. The number of amides is 1. The first-order valence-electron chi connectivity index (χ1n) is 9.27. The Morgan fingerprint density at radius 3 is 2.52 bits per heavy atom. The van der Waals surface area contributed by atoms with Gasteiger partial charge in [0.2, 0.25) is 5.89 Å². The van der Waals surface area contributed by atoms with E-state index >= 15 is 0 Å². The van der Waals surface area contributed by atoms with Gasteiger partial charge in [-0.3, -0.25) is 4.79 Å². The average molecular weight is 433 g/mol. The fourth-order valence-electron chi connectivity index (χ4n) is 3.31. The lowest BCUT2D eigenvalue weighted by Gasteiger charge is -2.34. The molecule has 1 saturated carbocycles. The van der Waals surface area contributed by atoms with Crippen LogP contribution in [0.25, 0.3) is 0 Å². The van der Waals surface area contributed by atoms with Crippen LogP contribution in [-0.2, 0) is 12.0 Å².